The summed E-state index contributed by atoms with van der Waals surface area (Å²) >= 11 is 6.01. The zero-order chi connectivity index (χ0) is 29.1. The van der Waals surface area contributed by atoms with Gasteiger partial charge < -0.3 is 15.4 Å². The third-order valence-corrected chi connectivity index (χ3v) is 8.23. The van der Waals surface area contributed by atoms with Gasteiger partial charge in [0, 0.05) is 16.3 Å². The number of carbonyl (C=O) groups excluding carboxylic acids is 1. The lowest BCUT2D eigenvalue weighted by Gasteiger charge is -2.30. The van der Waals surface area contributed by atoms with Crippen molar-refractivity contribution in [2.75, 3.05) is 17.2 Å². The molecule has 0 aliphatic heterocycles. The lowest BCUT2D eigenvalue weighted by atomic mass is 9.89. The largest absolute Gasteiger partial charge is 0.454 e. The second-order valence-electron chi connectivity index (χ2n) is 9.36. The number of benzene rings is 2. The maximum Gasteiger partial charge on any atom is 0.422 e. The van der Waals surface area contributed by atoms with E-state index in [-0.39, 0.29) is 17.5 Å². The number of nitrogens with zero attached hydrogens (tertiary/aromatic N) is 3. The standard InChI is InChI=1S/C25H26ClF3N6O4S/c1-3-24(2,16-6-8-17(26)9-7-16)34-22-31-21(32-23(33-22)39-14-25(27,28)29)30-18-10-4-15(5-11-18)20(36)35-40(37,38)19-12-13-19/h4-11,19H,3,12-14H2,1-2H3,(H,35,36)(H2,30,31,32,33,34). The van der Waals surface area contributed by atoms with Gasteiger partial charge in [-0.25, -0.2) is 13.1 Å². The molecule has 1 fully saturated rings. The van der Waals surface area contributed by atoms with Crippen molar-refractivity contribution in [1.29, 1.82) is 0 Å². The summed E-state index contributed by atoms with van der Waals surface area (Å²) in [6.45, 7) is 2.18. The second kappa shape index (κ2) is 11.5. The fraction of sp³-hybridized carbons (Fsp3) is 0.360. The minimum absolute atomic E-state index is 0.0461. The van der Waals surface area contributed by atoms with E-state index < -0.39 is 45.5 Å². The van der Waals surface area contributed by atoms with Crippen LogP contribution in [0.25, 0.3) is 0 Å². The average molecular weight is 599 g/mol. The van der Waals surface area contributed by atoms with E-state index in [0.29, 0.717) is 30.0 Å². The van der Waals surface area contributed by atoms with Gasteiger partial charge in [0.15, 0.2) is 6.61 Å². The second-order valence-corrected chi connectivity index (χ2v) is 11.8. The Hall–Kier alpha value is -3.65. The topological polar surface area (TPSA) is 135 Å². The van der Waals surface area contributed by atoms with Gasteiger partial charge in [-0.2, -0.15) is 28.1 Å². The van der Waals surface area contributed by atoms with Crippen molar-refractivity contribution in [3.05, 3.63) is 64.7 Å². The summed E-state index contributed by atoms with van der Waals surface area (Å²) in [7, 11) is -3.71. The first-order chi connectivity index (χ1) is 18.8. The highest BCUT2D eigenvalue weighted by Gasteiger charge is 2.37. The van der Waals surface area contributed by atoms with Crippen LogP contribution in [0.3, 0.4) is 0 Å². The van der Waals surface area contributed by atoms with Gasteiger partial charge in [-0.05, 0) is 68.1 Å². The molecule has 214 valence electrons. The van der Waals surface area contributed by atoms with Crippen molar-refractivity contribution in [3.63, 3.8) is 0 Å². The molecule has 10 nitrogen and oxygen atoms in total. The molecule has 0 saturated heterocycles. The number of sulfonamides is 1. The number of ether oxygens (including phenoxy) is 1. The van der Waals surface area contributed by atoms with Crippen LogP contribution >= 0.6 is 11.6 Å². The van der Waals surface area contributed by atoms with Crippen LogP contribution in [0.5, 0.6) is 6.01 Å². The number of halogens is 4. The van der Waals surface area contributed by atoms with E-state index in [0.717, 1.165) is 5.56 Å². The average Bonchev–Trinajstić information content (AvgIpc) is 3.74. The number of hydrogen-bond donors (Lipinski definition) is 3. The Morgan fingerprint density at radius 2 is 1.65 bits per heavy atom. The van der Waals surface area contributed by atoms with E-state index in [2.05, 4.69) is 25.6 Å². The van der Waals surface area contributed by atoms with Crippen LogP contribution in [-0.4, -0.2) is 47.3 Å². The summed E-state index contributed by atoms with van der Waals surface area (Å²) in [4.78, 5) is 24.6. The van der Waals surface area contributed by atoms with Gasteiger partial charge in [0.1, 0.15) is 0 Å². The predicted octanol–water partition coefficient (Wildman–Crippen LogP) is 5.17. The molecule has 4 rings (SSSR count). The monoisotopic (exact) mass is 598 g/mol. The molecule has 1 aliphatic carbocycles. The van der Waals surface area contributed by atoms with E-state index >= 15 is 0 Å². The highest BCUT2D eigenvalue weighted by molar-refractivity contribution is 7.91. The Labute approximate surface area is 233 Å². The van der Waals surface area contributed by atoms with Crippen molar-refractivity contribution in [1.82, 2.24) is 19.7 Å². The van der Waals surface area contributed by atoms with Crippen LogP contribution < -0.4 is 20.1 Å². The molecule has 15 heteroatoms. The van der Waals surface area contributed by atoms with Gasteiger partial charge in [0.2, 0.25) is 21.9 Å². The molecule has 40 heavy (non-hydrogen) atoms. The van der Waals surface area contributed by atoms with Crippen LogP contribution in [0.4, 0.5) is 30.8 Å². The lowest BCUT2D eigenvalue weighted by Crippen LogP contribution is -2.33. The molecule has 1 aromatic heterocycles. The van der Waals surface area contributed by atoms with E-state index in [1.807, 2.05) is 30.7 Å². The van der Waals surface area contributed by atoms with Crippen molar-refractivity contribution >= 4 is 45.1 Å². The first-order valence-electron chi connectivity index (χ1n) is 12.2. The Morgan fingerprint density at radius 3 is 2.23 bits per heavy atom. The molecule has 0 radical (unpaired) electrons. The third kappa shape index (κ3) is 7.72. The number of rotatable bonds is 11. The fourth-order valence-electron chi connectivity index (χ4n) is 3.59. The maximum atomic E-state index is 12.8. The Morgan fingerprint density at radius 1 is 1.02 bits per heavy atom. The van der Waals surface area contributed by atoms with Gasteiger partial charge in [0.05, 0.1) is 10.8 Å². The number of alkyl halides is 3. The maximum absolute atomic E-state index is 12.8. The van der Waals surface area contributed by atoms with Gasteiger partial charge in [0.25, 0.3) is 5.91 Å². The first kappa shape index (κ1) is 29.3. The molecule has 1 amide bonds. The number of anilines is 3. The quantitative estimate of drug-likeness (QED) is 0.273. The number of amides is 1. The molecule has 3 aromatic rings. The van der Waals surface area contributed by atoms with Gasteiger partial charge in [-0.15, -0.1) is 0 Å². The van der Waals surface area contributed by atoms with E-state index in [1.165, 1.54) is 24.3 Å². The van der Waals surface area contributed by atoms with Crippen LogP contribution in [-0.2, 0) is 15.6 Å². The molecule has 0 spiro atoms. The van der Waals surface area contributed by atoms with Crippen LogP contribution in [0.2, 0.25) is 5.02 Å². The van der Waals surface area contributed by atoms with Crippen molar-refractivity contribution in [2.24, 2.45) is 0 Å². The van der Waals surface area contributed by atoms with Crippen LogP contribution in [0.1, 0.15) is 49.0 Å². The molecule has 1 heterocycles. The molecule has 1 aliphatic rings. The minimum Gasteiger partial charge on any atom is -0.454 e. The van der Waals surface area contributed by atoms with Crippen molar-refractivity contribution in [2.45, 2.75) is 50.1 Å². The fourth-order valence-corrected chi connectivity index (χ4v) is 5.02. The number of carbonyl (C=O) groups is 1. The van der Waals surface area contributed by atoms with Crippen molar-refractivity contribution < 1.29 is 31.1 Å². The highest BCUT2D eigenvalue weighted by atomic mass is 35.5. The minimum atomic E-state index is -4.61. The number of aromatic nitrogens is 3. The summed E-state index contributed by atoms with van der Waals surface area (Å²) in [5.74, 6) is -0.943. The zero-order valence-corrected chi connectivity index (χ0v) is 23.0. The zero-order valence-electron chi connectivity index (χ0n) is 21.4. The summed E-state index contributed by atoms with van der Waals surface area (Å²) in [5, 5.41) is 5.99. The molecule has 2 aromatic carbocycles. The molecular formula is C25H26ClF3N6O4S. The predicted molar refractivity (Wildman–Crippen MR) is 143 cm³/mol. The Balaban J connectivity index is 1.56. The third-order valence-electron chi connectivity index (χ3n) is 6.16. The molecule has 0 bridgehead atoms. The molecule has 1 atom stereocenters. The number of hydrogen-bond acceptors (Lipinski definition) is 9. The SMILES string of the molecule is CCC(C)(Nc1nc(Nc2ccc(C(=O)NS(=O)(=O)C3CC3)cc2)nc(OCC(F)(F)F)n1)c1ccc(Cl)cc1. The lowest BCUT2D eigenvalue weighted by molar-refractivity contribution is -0.154. The molecule has 1 saturated carbocycles. The Bertz CT molecular complexity index is 1470. The van der Waals surface area contributed by atoms with E-state index in [4.69, 9.17) is 16.3 Å². The van der Waals surface area contributed by atoms with E-state index in [1.54, 1.807) is 12.1 Å². The molecule has 3 N–H and O–H groups in total. The van der Waals surface area contributed by atoms with Gasteiger partial charge in [-0.1, -0.05) is 30.7 Å². The normalized spacial score (nSPS) is 15.2. The van der Waals surface area contributed by atoms with Gasteiger partial charge in [-0.3, -0.25) is 4.79 Å². The smallest absolute Gasteiger partial charge is 0.422 e. The Kier molecular flexibility index (Phi) is 8.40. The number of nitrogens with one attached hydrogen (secondary N) is 3. The van der Waals surface area contributed by atoms with Crippen LogP contribution in [0, 0.1) is 0 Å². The van der Waals surface area contributed by atoms with Crippen LogP contribution in [0.15, 0.2) is 48.5 Å². The summed E-state index contributed by atoms with van der Waals surface area (Å²) in [6.07, 6.45) is -3.03. The van der Waals surface area contributed by atoms with Gasteiger partial charge >= 0.3 is 12.2 Å². The van der Waals surface area contributed by atoms with Crippen molar-refractivity contribution in [3.8, 4) is 6.01 Å². The summed E-state index contributed by atoms with van der Waals surface area (Å²) in [5.41, 5.74) is 0.588. The highest BCUT2D eigenvalue weighted by Crippen LogP contribution is 2.31. The first-order valence-corrected chi connectivity index (χ1v) is 14.1. The summed E-state index contributed by atoms with van der Waals surface area (Å²) < 4.78 is 69.3. The molecule has 1 unspecified atom stereocenters. The molecular weight excluding hydrogens is 573 g/mol. The summed E-state index contributed by atoms with van der Waals surface area (Å²) in [6, 6.07) is 12.2. The van der Waals surface area contributed by atoms with E-state index in [9.17, 15) is 26.4 Å².